The molecule has 0 saturated carbocycles. The second-order valence-corrected chi connectivity index (χ2v) is 3.82. The van der Waals surface area contributed by atoms with Crippen LogP contribution in [0, 0.1) is 0 Å². The van der Waals surface area contributed by atoms with E-state index in [9.17, 15) is 18.0 Å². The second kappa shape index (κ2) is 4.63. The van der Waals surface area contributed by atoms with Crippen molar-refractivity contribution in [3.05, 3.63) is 33.3 Å². The second-order valence-electron chi connectivity index (χ2n) is 3.06. The Morgan fingerprint density at radius 1 is 1.25 bits per heavy atom. The summed E-state index contributed by atoms with van der Waals surface area (Å²) in [7, 11) is 0. The van der Waals surface area contributed by atoms with E-state index >= 15 is 0 Å². The fourth-order valence-electron chi connectivity index (χ4n) is 1.17. The SMILES string of the molecule is CCC(=O)c1ccc(C(F)(F)F)c(Cl)c1Cl. The highest BCUT2D eigenvalue weighted by Gasteiger charge is 2.34. The van der Waals surface area contributed by atoms with Gasteiger partial charge in [0.1, 0.15) is 0 Å². The summed E-state index contributed by atoms with van der Waals surface area (Å²) in [5.74, 6) is -0.347. The van der Waals surface area contributed by atoms with Crippen molar-refractivity contribution >= 4 is 29.0 Å². The molecule has 0 aliphatic heterocycles. The lowest BCUT2D eigenvalue weighted by Crippen LogP contribution is -2.08. The lowest BCUT2D eigenvalue weighted by molar-refractivity contribution is -0.137. The summed E-state index contributed by atoms with van der Waals surface area (Å²) in [5, 5.41) is -0.975. The van der Waals surface area contributed by atoms with Gasteiger partial charge in [-0.3, -0.25) is 4.79 Å². The number of halogens is 5. The molecule has 1 rings (SSSR count). The lowest BCUT2D eigenvalue weighted by Gasteiger charge is -2.11. The molecule has 6 heteroatoms. The predicted octanol–water partition coefficient (Wildman–Crippen LogP) is 4.60. The van der Waals surface area contributed by atoms with E-state index in [1.54, 1.807) is 6.92 Å². The molecule has 0 radical (unpaired) electrons. The highest BCUT2D eigenvalue weighted by atomic mass is 35.5. The van der Waals surface area contributed by atoms with Gasteiger partial charge in [-0.2, -0.15) is 13.2 Å². The van der Waals surface area contributed by atoms with Crippen LogP contribution < -0.4 is 0 Å². The Labute approximate surface area is 100 Å². The minimum atomic E-state index is -4.57. The zero-order chi connectivity index (χ0) is 12.5. The summed E-state index contributed by atoms with van der Waals surface area (Å²) in [6.45, 7) is 1.59. The number of alkyl halides is 3. The summed E-state index contributed by atoms with van der Waals surface area (Å²) in [5.41, 5.74) is -1.02. The predicted molar refractivity (Wildman–Crippen MR) is 56.1 cm³/mol. The Kier molecular flexibility index (Phi) is 3.86. The molecule has 1 aromatic carbocycles. The molecule has 88 valence electrons. The molecule has 0 bridgehead atoms. The van der Waals surface area contributed by atoms with Gasteiger partial charge in [-0.25, -0.2) is 0 Å². The van der Waals surface area contributed by atoms with Gasteiger partial charge < -0.3 is 0 Å². The van der Waals surface area contributed by atoms with Crippen molar-refractivity contribution in [1.29, 1.82) is 0 Å². The van der Waals surface area contributed by atoms with E-state index in [-0.39, 0.29) is 22.8 Å². The first-order chi connectivity index (χ1) is 7.29. The smallest absolute Gasteiger partial charge is 0.294 e. The van der Waals surface area contributed by atoms with Crippen molar-refractivity contribution in [3.63, 3.8) is 0 Å². The number of hydrogen-bond donors (Lipinski definition) is 0. The third-order valence-corrected chi connectivity index (χ3v) is 2.89. The van der Waals surface area contributed by atoms with Crippen molar-refractivity contribution in [2.24, 2.45) is 0 Å². The zero-order valence-electron chi connectivity index (χ0n) is 8.16. The Balaban J connectivity index is 3.35. The minimum Gasteiger partial charge on any atom is -0.294 e. The van der Waals surface area contributed by atoms with Gasteiger partial charge in [0.05, 0.1) is 15.6 Å². The third kappa shape index (κ3) is 2.50. The maximum atomic E-state index is 12.4. The largest absolute Gasteiger partial charge is 0.417 e. The molecule has 0 aliphatic carbocycles. The molecule has 1 aromatic rings. The molecule has 0 aliphatic rings. The van der Waals surface area contributed by atoms with Gasteiger partial charge in [0, 0.05) is 12.0 Å². The van der Waals surface area contributed by atoms with Gasteiger partial charge in [0.15, 0.2) is 5.78 Å². The molecule has 0 saturated heterocycles. The Hall–Kier alpha value is -0.740. The molecular formula is C10H7Cl2F3O. The van der Waals surface area contributed by atoms with Gasteiger partial charge in [-0.1, -0.05) is 30.1 Å². The number of Topliss-reactive ketones (excluding diaryl/α,β-unsaturated/α-hetero) is 1. The molecule has 1 nitrogen and oxygen atoms in total. The van der Waals surface area contributed by atoms with E-state index in [0.29, 0.717) is 0 Å². The Morgan fingerprint density at radius 2 is 1.81 bits per heavy atom. The molecule has 0 unspecified atom stereocenters. The highest BCUT2D eigenvalue weighted by molar-refractivity contribution is 6.44. The van der Waals surface area contributed by atoms with Crippen LogP contribution in [0.25, 0.3) is 0 Å². The van der Waals surface area contributed by atoms with Crippen LogP contribution in [0.5, 0.6) is 0 Å². The number of ketones is 1. The van der Waals surface area contributed by atoms with Crippen LogP contribution in [0.2, 0.25) is 10.0 Å². The number of carbonyl (C=O) groups excluding carboxylic acids is 1. The summed E-state index contributed by atoms with van der Waals surface area (Å²) < 4.78 is 37.2. The van der Waals surface area contributed by atoms with Gasteiger partial charge >= 0.3 is 6.18 Å². The average Bonchev–Trinajstić information content (AvgIpc) is 2.19. The van der Waals surface area contributed by atoms with Crippen molar-refractivity contribution in [1.82, 2.24) is 0 Å². The van der Waals surface area contributed by atoms with Gasteiger partial charge in [0.25, 0.3) is 0 Å². The van der Waals surface area contributed by atoms with E-state index in [1.807, 2.05) is 0 Å². The zero-order valence-corrected chi connectivity index (χ0v) is 9.67. The molecule has 0 N–H and O–H groups in total. The molecule has 16 heavy (non-hydrogen) atoms. The van der Waals surface area contributed by atoms with Crippen LogP contribution >= 0.6 is 23.2 Å². The van der Waals surface area contributed by atoms with E-state index in [4.69, 9.17) is 23.2 Å². The number of hydrogen-bond acceptors (Lipinski definition) is 1. The number of carbonyl (C=O) groups is 1. The number of benzene rings is 1. The quantitative estimate of drug-likeness (QED) is 0.718. The number of rotatable bonds is 2. The van der Waals surface area contributed by atoms with Crippen LogP contribution in [-0.2, 0) is 6.18 Å². The van der Waals surface area contributed by atoms with Crippen LogP contribution in [-0.4, -0.2) is 5.78 Å². The normalized spacial score (nSPS) is 11.6. The van der Waals surface area contributed by atoms with Crippen molar-refractivity contribution in [2.75, 3.05) is 0 Å². The molecule has 0 spiro atoms. The Bertz CT molecular complexity index is 427. The first-order valence-corrected chi connectivity index (χ1v) is 5.13. The van der Waals surface area contributed by atoms with E-state index < -0.39 is 16.8 Å². The first kappa shape index (κ1) is 13.3. The van der Waals surface area contributed by atoms with E-state index in [2.05, 4.69) is 0 Å². The average molecular weight is 271 g/mol. The van der Waals surface area contributed by atoms with Crippen LogP contribution in [0.1, 0.15) is 29.3 Å². The van der Waals surface area contributed by atoms with E-state index in [0.717, 1.165) is 12.1 Å². The third-order valence-electron chi connectivity index (χ3n) is 2.01. The van der Waals surface area contributed by atoms with Crippen LogP contribution in [0.4, 0.5) is 13.2 Å². The first-order valence-electron chi connectivity index (χ1n) is 4.37. The maximum Gasteiger partial charge on any atom is 0.417 e. The molecule has 0 heterocycles. The topological polar surface area (TPSA) is 17.1 Å². The van der Waals surface area contributed by atoms with Gasteiger partial charge in [-0.05, 0) is 12.1 Å². The van der Waals surface area contributed by atoms with Crippen molar-refractivity contribution < 1.29 is 18.0 Å². The Morgan fingerprint density at radius 3 is 2.25 bits per heavy atom. The van der Waals surface area contributed by atoms with Gasteiger partial charge in [-0.15, -0.1) is 0 Å². The van der Waals surface area contributed by atoms with Gasteiger partial charge in [0.2, 0.25) is 0 Å². The molecule has 0 aromatic heterocycles. The van der Waals surface area contributed by atoms with Crippen LogP contribution in [0.15, 0.2) is 12.1 Å². The highest BCUT2D eigenvalue weighted by Crippen LogP contribution is 2.39. The van der Waals surface area contributed by atoms with Crippen LogP contribution in [0.3, 0.4) is 0 Å². The summed E-state index contributed by atoms with van der Waals surface area (Å²) in [6.07, 6.45) is -4.42. The maximum absolute atomic E-state index is 12.4. The standard InChI is InChI=1S/C10H7Cl2F3O/c1-2-7(16)5-3-4-6(10(13,14)15)9(12)8(5)11/h3-4H,2H2,1H3. The molecule has 0 fully saturated rings. The molecular weight excluding hydrogens is 264 g/mol. The van der Waals surface area contributed by atoms with Crippen molar-refractivity contribution in [2.45, 2.75) is 19.5 Å². The fourth-order valence-corrected chi connectivity index (χ4v) is 1.72. The summed E-state index contributed by atoms with van der Waals surface area (Å²) in [4.78, 5) is 11.3. The summed E-state index contributed by atoms with van der Waals surface area (Å²) >= 11 is 11.1. The molecule has 0 atom stereocenters. The minimum absolute atomic E-state index is 0.0159. The lowest BCUT2D eigenvalue weighted by atomic mass is 10.1. The monoisotopic (exact) mass is 270 g/mol. The van der Waals surface area contributed by atoms with E-state index in [1.165, 1.54) is 0 Å². The summed E-state index contributed by atoms with van der Waals surface area (Å²) in [6, 6.07) is 1.81. The molecule has 0 amide bonds. The fraction of sp³-hybridized carbons (Fsp3) is 0.300. The van der Waals surface area contributed by atoms with Crippen molar-refractivity contribution in [3.8, 4) is 0 Å².